The molecule has 1 rings (SSSR count). The number of phenols is 1. The molecule has 0 bridgehead atoms. The molecule has 4 nitrogen and oxygen atoms in total. The summed E-state index contributed by atoms with van der Waals surface area (Å²) in [6, 6.07) is 1.60. The average molecular weight is 215 g/mol. The lowest BCUT2D eigenvalue weighted by atomic mass is 10.1. The standard InChI is InChI=1S/C10H14FNO3/c1-3-6-4-7(5-12-14)9(13)8(11)10(6)15-2/h4,12-14H,3,5H2,1-2H3. The van der Waals surface area contributed by atoms with Crippen LogP contribution in [0.3, 0.4) is 0 Å². The Morgan fingerprint density at radius 2 is 2.13 bits per heavy atom. The largest absolute Gasteiger partial charge is 0.504 e. The smallest absolute Gasteiger partial charge is 0.207 e. The highest BCUT2D eigenvalue weighted by molar-refractivity contribution is 5.47. The molecule has 1 aromatic rings. The summed E-state index contributed by atoms with van der Waals surface area (Å²) in [5, 5.41) is 18.0. The first-order valence-corrected chi connectivity index (χ1v) is 4.59. The van der Waals surface area contributed by atoms with E-state index in [4.69, 9.17) is 9.94 Å². The molecule has 0 atom stereocenters. The van der Waals surface area contributed by atoms with Crippen molar-refractivity contribution in [3.63, 3.8) is 0 Å². The van der Waals surface area contributed by atoms with Gasteiger partial charge in [0, 0.05) is 12.1 Å². The fourth-order valence-electron chi connectivity index (χ4n) is 1.44. The fraction of sp³-hybridized carbons (Fsp3) is 0.400. The average Bonchev–Trinajstić information content (AvgIpc) is 2.24. The van der Waals surface area contributed by atoms with Gasteiger partial charge in [0.15, 0.2) is 11.5 Å². The Kier molecular flexibility index (Phi) is 3.88. The number of methoxy groups -OCH3 is 1. The van der Waals surface area contributed by atoms with E-state index in [-0.39, 0.29) is 12.3 Å². The Morgan fingerprint density at radius 3 is 2.60 bits per heavy atom. The van der Waals surface area contributed by atoms with Gasteiger partial charge in [0.2, 0.25) is 5.82 Å². The second-order valence-corrected chi connectivity index (χ2v) is 3.08. The number of hydroxylamine groups is 1. The summed E-state index contributed by atoms with van der Waals surface area (Å²) < 4.78 is 18.4. The Morgan fingerprint density at radius 1 is 1.47 bits per heavy atom. The van der Waals surface area contributed by atoms with Gasteiger partial charge in [0.1, 0.15) is 0 Å². The number of hydrogen-bond donors (Lipinski definition) is 3. The Labute approximate surface area is 87.3 Å². The lowest BCUT2D eigenvalue weighted by Crippen LogP contribution is -2.08. The second-order valence-electron chi connectivity index (χ2n) is 3.08. The van der Waals surface area contributed by atoms with Crippen LogP contribution in [0.1, 0.15) is 18.1 Å². The second kappa shape index (κ2) is 4.95. The van der Waals surface area contributed by atoms with Gasteiger partial charge in [0.05, 0.1) is 7.11 Å². The summed E-state index contributed by atoms with van der Waals surface area (Å²) in [6.07, 6.45) is 0.582. The van der Waals surface area contributed by atoms with Crippen LogP contribution in [-0.2, 0) is 13.0 Å². The normalized spacial score (nSPS) is 10.4. The van der Waals surface area contributed by atoms with Crippen molar-refractivity contribution in [3.8, 4) is 11.5 Å². The molecular weight excluding hydrogens is 201 g/mol. The van der Waals surface area contributed by atoms with Crippen LogP contribution < -0.4 is 10.2 Å². The minimum absolute atomic E-state index is 0.0141. The molecule has 0 unspecified atom stereocenters. The van der Waals surface area contributed by atoms with Gasteiger partial charge in [-0.3, -0.25) is 0 Å². The first kappa shape index (κ1) is 11.7. The molecule has 3 N–H and O–H groups in total. The molecule has 84 valence electrons. The maximum absolute atomic E-state index is 13.5. The summed E-state index contributed by atoms with van der Waals surface area (Å²) in [4.78, 5) is 0. The van der Waals surface area contributed by atoms with Crippen molar-refractivity contribution < 1.29 is 19.4 Å². The highest BCUT2D eigenvalue weighted by Gasteiger charge is 2.17. The topological polar surface area (TPSA) is 61.7 Å². The predicted octanol–water partition coefficient (Wildman–Crippen LogP) is 1.58. The molecule has 15 heavy (non-hydrogen) atoms. The molecule has 0 fully saturated rings. The van der Waals surface area contributed by atoms with Crippen molar-refractivity contribution in [2.45, 2.75) is 19.9 Å². The minimum atomic E-state index is -0.790. The zero-order valence-electron chi connectivity index (χ0n) is 8.67. The van der Waals surface area contributed by atoms with Crippen molar-refractivity contribution in [1.82, 2.24) is 5.48 Å². The molecule has 0 aliphatic heterocycles. The number of rotatable bonds is 4. The molecule has 0 saturated carbocycles. The maximum atomic E-state index is 13.5. The molecule has 5 heteroatoms. The molecule has 0 saturated heterocycles. The van der Waals surface area contributed by atoms with E-state index in [2.05, 4.69) is 0 Å². The lowest BCUT2D eigenvalue weighted by Gasteiger charge is -2.12. The Hall–Kier alpha value is -1.33. The van der Waals surface area contributed by atoms with E-state index in [0.29, 0.717) is 17.5 Å². The van der Waals surface area contributed by atoms with Crippen LogP contribution in [0.15, 0.2) is 6.07 Å². The first-order chi connectivity index (χ1) is 7.15. The molecule has 0 spiro atoms. The highest BCUT2D eigenvalue weighted by Crippen LogP contribution is 2.33. The summed E-state index contributed by atoms with van der Waals surface area (Å²) in [5.74, 6) is -1.23. The van der Waals surface area contributed by atoms with Crippen molar-refractivity contribution in [3.05, 3.63) is 23.0 Å². The quantitative estimate of drug-likeness (QED) is 0.667. The van der Waals surface area contributed by atoms with Crippen molar-refractivity contribution in [2.75, 3.05) is 7.11 Å². The highest BCUT2D eigenvalue weighted by atomic mass is 19.1. The van der Waals surface area contributed by atoms with Crippen LogP contribution in [0.4, 0.5) is 4.39 Å². The van der Waals surface area contributed by atoms with Gasteiger partial charge >= 0.3 is 0 Å². The zero-order chi connectivity index (χ0) is 11.4. The summed E-state index contributed by atoms with van der Waals surface area (Å²) in [7, 11) is 1.35. The van der Waals surface area contributed by atoms with Crippen LogP contribution in [0.5, 0.6) is 11.5 Å². The Bertz CT molecular complexity index is 355. The number of aryl methyl sites for hydroxylation is 1. The van der Waals surface area contributed by atoms with Gasteiger partial charge < -0.3 is 15.1 Å². The summed E-state index contributed by atoms with van der Waals surface area (Å²) >= 11 is 0. The minimum Gasteiger partial charge on any atom is -0.504 e. The van der Waals surface area contributed by atoms with Crippen molar-refractivity contribution in [2.24, 2.45) is 0 Å². The van der Waals surface area contributed by atoms with Crippen molar-refractivity contribution >= 4 is 0 Å². The molecule has 0 aliphatic rings. The van der Waals surface area contributed by atoms with Crippen LogP contribution in [0.2, 0.25) is 0 Å². The monoisotopic (exact) mass is 215 g/mol. The number of hydrogen-bond acceptors (Lipinski definition) is 4. The molecule has 0 heterocycles. The number of nitrogens with one attached hydrogen (secondary N) is 1. The summed E-state index contributed by atoms with van der Waals surface area (Å²) in [6.45, 7) is 1.84. The third-order valence-corrected chi connectivity index (χ3v) is 2.21. The van der Waals surface area contributed by atoms with Crippen molar-refractivity contribution in [1.29, 1.82) is 0 Å². The maximum Gasteiger partial charge on any atom is 0.207 e. The van der Waals surface area contributed by atoms with Crippen LogP contribution in [0, 0.1) is 5.82 Å². The molecule has 0 aromatic heterocycles. The molecule has 0 amide bonds. The van der Waals surface area contributed by atoms with E-state index in [1.165, 1.54) is 7.11 Å². The summed E-state index contributed by atoms with van der Waals surface area (Å²) in [5.41, 5.74) is 2.82. The van der Waals surface area contributed by atoms with Gasteiger partial charge in [-0.1, -0.05) is 6.92 Å². The van der Waals surface area contributed by atoms with Gasteiger partial charge in [-0.2, -0.15) is 4.39 Å². The molecule has 0 radical (unpaired) electrons. The molecule has 0 aliphatic carbocycles. The van der Waals surface area contributed by atoms with E-state index in [1.54, 1.807) is 6.07 Å². The van der Waals surface area contributed by atoms with E-state index in [0.717, 1.165) is 0 Å². The third-order valence-electron chi connectivity index (χ3n) is 2.21. The van der Waals surface area contributed by atoms with Crippen LogP contribution >= 0.6 is 0 Å². The van der Waals surface area contributed by atoms with Gasteiger partial charge in [-0.05, 0) is 18.1 Å². The number of halogens is 1. The van der Waals surface area contributed by atoms with E-state index < -0.39 is 11.6 Å². The fourth-order valence-corrected chi connectivity index (χ4v) is 1.44. The van der Waals surface area contributed by atoms with Crippen LogP contribution in [0.25, 0.3) is 0 Å². The third kappa shape index (κ3) is 2.19. The Balaban J connectivity index is 3.29. The number of phenolic OH excluding ortho intramolecular Hbond substituents is 1. The zero-order valence-corrected chi connectivity index (χ0v) is 8.67. The number of ether oxygens (including phenoxy) is 1. The van der Waals surface area contributed by atoms with E-state index >= 15 is 0 Å². The van der Waals surface area contributed by atoms with Gasteiger partial charge in [-0.15, -0.1) is 0 Å². The van der Waals surface area contributed by atoms with Crippen LogP contribution in [-0.4, -0.2) is 17.4 Å². The lowest BCUT2D eigenvalue weighted by molar-refractivity contribution is 0.160. The molecular formula is C10H14FNO3. The number of aromatic hydroxyl groups is 1. The SMILES string of the molecule is CCc1cc(CNO)c(O)c(F)c1OC. The number of benzene rings is 1. The van der Waals surface area contributed by atoms with Gasteiger partial charge in [-0.25, -0.2) is 5.48 Å². The predicted molar refractivity (Wildman–Crippen MR) is 52.6 cm³/mol. The first-order valence-electron chi connectivity index (χ1n) is 4.59. The van der Waals surface area contributed by atoms with Gasteiger partial charge in [0.25, 0.3) is 0 Å². The van der Waals surface area contributed by atoms with E-state index in [1.807, 2.05) is 12.4 Å². The van der Waals surface area contributed by atoms with E-state index in [9.17, 15) is 9.50 Å². The molecule has 1 aromatic carbocycles.